The standard InChI is InChI=1S/C42H30O2S/c1-2-10-27(11-3-1)41-39-40(44-23-22-43-39)42(45-41)32-15-9-14-30(25-32)28-12-8-13-29(24-28)31-20-21-37-35-18-5-4-16-33(35)34-17-6-7-19-36(34)38(37)26-31/h1-3,6-21,24-26H,4-5,22-23H2. The fraction of sp³-hybridized carbons (Fsp3) is 0.0952. The predicted molar refractivity (Wildman–Crippen MR) is 189 cm³/mol. The number of hydrogen-bond donors (Lipinski definition) is 0. The molecule has 45 heavy (non-hydrogen) atoms. The third-order valence-corrected chi connectivity index (χ3v) is 10.3. The van der Waals surface area contributed by atoms with E-state index in [1.165, 1.54) is 54.2 Å². The molecule has 2 heterocycles. The highest BCUT2D eigenvalue weighted by Crippen LogP contribution is 2.53. The zero-order valence-electron chi connectivity index (χ0n) is 24.8. The first kappa shape index (κ1) is 26.3. The third kappa shape index (κ3) is 4.46. The molecule has 0 fully saturated rings. The lowest BCUT2D eigenvalue weighted by Crippen LogP contribution is -2.28. The van der Waals surface area contributed by atoms with Crippen LogP contribution in [0.15, 0.2) is 121 Å². The van der Waals surface area contributed by atoms with E-state index in [1.807, 2.05) is 6.07 Å². The maximum atomic E-state index is 6.22. The molecule has 9 rings (SSSR count). The summed E-state index contributed by atoms with van der Waals surface area (Å²) in [6, 6.07) is 44.0. The molecule has 1 aliphatic carbocycles. The molecule has 1 aliphatic heterocycles. The number of rotatable bonds is 4. The van der Waals surface area contributed by atoms with E-state index in [0.717, 1.165) is 45.2 Å². The van der Waals surface area contributed by atoms with Crippen molar-refractivity contribution in [3.05, 3.63) is 132 Å². The van der Waals surface area contributed by atoms with Crippen LogP contribution < -0.4 is 19.9 Å². The Kier molecular flexibility index (Phi) is 6.31. The summed E-state index contributed by atoms with van der Waals surface area (Å²) in [5, 5.41) is 8.10. The maximum Gasteiger partial charge on any atom is 0.180 e. The molecule has 0 amide bonds. The molecule has 0 atom stereocenters. The Balaban J connectivity index is 1.14. The van der Waals surface area contributed by atoms with Crippen molar-refractivity contribution >= 4 is 45.0 Å². The van der Waals surface area contributed by atoms with Crippen LogP contribution in [0.3, 0.4) is 0 Å². The average Bonchev–Trinajstić information content (AvgIpc) is 3.52. The molecule has 0 unspecified atom stereocenters. The van der Waals surface area contributed by atoms with Crippen LogP contribution in [0, 0.1) is 0 Å². The summed E-state index contributed by atoms with van der Waals surface area (Å²) in [6.07, 6.45) is 7.04. The van der Waals surface area contributed by atoms with Gasteiger partial charge in [0.25, 0.3) is 0 Å². The summed E-state index contributed by atoms with van der Waals surface area (Å²) in [7, 11) is 0. The van der Waals surface area contributed by atoms with Gasteiger partial charge in [-0.25, -0.2) is 0 Å². The molecule has 0 spiro atoms. The van der Waals surface area contributed by atoms with Crippen LogP contribution in [0.1, 0.15) is 12.8 Å². The van der Waals surface area contributed by atoms with E-state index in [4.69, 9.17) is 9.47 Å². The van der Waals surface area contributed by atoms with Crippen LogP contribution in [0.4, 0.5) is 0 Å². The predicted octanol–water partition coefficient (Wildman–Crippen LogP) is 9.85. The molecule has 0 radical (unpaired) electrons. The van der Waals surface area contributed by atoms with Gasteiger partial charge in [-0.05, 0) is 96.4 Å². The lowest BCUT2D eigenvalue weighted by molar-refractivity contribution is 0.175. The second-order valence-electron chi connectivity index (χ2n) is 11.8. The van der Waals surface area contributed by atoms with Gasteiger partial charge in [0, 0.05) is 0 Å². The Morgan fingerprint density at radius 1 is 0.400 bits per heavy atom. The van der Waals surface area contributed by atoms with Crippen LogP contribution in [0.2, 0.25) is 0 Å². The Labute approximate surface area is 266 Å². The molecular formula is C42H30O2S. The Bertz CT molecular complexity index is 2380. The zero-order chi connectivity index (χ0) is 29.7. The summed E-state index contributed by atoms with van der Waals surface area (Å²) in [6.45, 7) is 1.13. The molecule has 2 nitrogen and oxygen atoms in total. The molecule has 0 saturated carbocycles. The van der Waals surface area contributed by atoms with Gasteiger partial charge in [-0.15, -0.1) is 11.3 Å². The molecule has 6 aromatic carbocycles. The Hall–Kier alpha value is -5.12. The molecule has 0 bridgehead atoms. The number of ether oxygens (including phenoxy) is 2. The molecule has 2 aliphatic rings. The summed E-state index contributed by atoms with van der Waals surface area (Å²) >= 11 is 1.74. The molecule has 3 heteroatoms. The van der Waals surface area contributed by atoms with Crippen molar-refractivity contribution in [1.29, 1.82) is 0 Å². The van der Waals surface area contributed by atoms with Crippen molar-refractivity contribution in [2.24, 2.45) is 0 Å². The van der Waals surface area contributed by atoms with E-state index in [0.29, 0.717) is 13.2 Å². The zero-order valence-corrected chi connectivity index (χ0v) is 25.6. The average molecular weight is 599 g/mol. The fourth-order valence-corrected chi connectivity index (χ4v) is 8.15. The van der Waals surface area contributed by atoms with Gasteiger partial charge in [-0.3, -0.25) is 0 Å². The Morgan fingerprint density at radius 3 is 1.60 bits per heavy atom. The highest BCUT2D eigenvalue weighted by Gasteiger charge is 2.26. The van der Waals surface area contributed by atoms with Crippen molar-refractivity contribution in [3.63, 3.8) is 0 Å². The number of benzene rings is 6. The topological polar surface area (TPSA) is 18.5 Å². The van der Waals surface area contributed by atoms with Gasteiger partial charge in [-0.1, -0.05) is 115 Å². The van der Waals surface area contributed by atoms with Gasteiger partial charge in [0.05, 0.1) is 9.75 Å². The summed E-state index contributed by atoms with van der Waals surface area (Å²) in [5.41, 5.74) is 7.11. The molecule has 216 valence electrons. The van der Waals surface area contributed by atoms with E-state index in [2.05, 4.69) is 127 Å². The van der Waals surface area contributed by atoms with Crippen molar-refractivity contribution in [2.45, 2.75) is 12.8 Å². The second-order valence-corrected chi connectivity index (χ2v) is 12.8. The number of thiophene rings is 1. The van der Waals surface area contributed by atoms with Crippen LogP contribution in [-0.2, 0) is 0 Å². The second kappa shape index (κ2) is 10.8. The van der Waals surface area contributed by atoms with Crippen molar-refractivity contribution in [1.82, 2.24) is 0 Å². The first-order valence-corrected chi connectivity index (χ1v) is 16.5. The van der Waals surface area contributed by atoms with Crippen LogP contribution >= 0.6 is 11.3 Å². The summed E-state index contributed by atoms with van der Waals surface area (Å²) in [5.74, 6) is 1.72. The molecule has 0 saturated heterocycles. The largest absolute Gasteiger partial charge is 0.485 e. The van der Waals surface area contributed by atoms with Crippen molar-refractivity contribution < 1.29 is 9.47 Å². The smallest absolute Gasteiger partial charge is 0.180 e. The Morgan fingerprint density at radius 2 is 0.911 bits per heavy atom. The highest BCUT2D eigenvalue weighted by molar-refractivity contribution is 7.19. The van der Waals surface area contributed by atoms with E-state index in [1.54, 1.807) is 11.3 Å². The minimum Gasteiger partial charge on any atom is -0.485 e. The maximum absolute atomic E-state index is 6.22. The lowest BCUT2D eigenvalue weighted by Gasteiger charge is -2.17. The van der Waals surface area contributed by atoms with Gasteiger partial charge < -0.3 is 9.47 Å². The van der Waals surface area contributed by atoms with Crippen LogP contribution in [0.25, 0.3) is 76.8 Å². The van der Waals surface area contributed by atoms with Gasteiger partial charge in [-0.2, -0.15) is 0 Å². The normalized spacial score (nSPS) is 13.7. The van der Waals surface area contributed by atoms with Gasteiger partial charge in [0.1, 0.15) is 13.2 Å². The third-order valence-electron chi connectivity index (χ3n) is 9.06. The molecule has 7 aromatic rings. The number of hydrogen-bond acceptors (Lipinski definition) is 3. The van der Waals surface area contributed by atoms with Gasteiger partial charge in [0.2, 0.25) is 0 Å². The van der Waals surface area contributed by atoms with E-state index < -0.39 is 0 Å². The first-order chi connectivity index (χ1) is 22.3. The quantitative estimate of drug-likeness (QED) is 0.188. The van der Waals surface area contributed by atoms with E-state index in [-0.39, 0.29) is 0 Å². The van der Waals surface area contributed by atoms with E-state index >= 15 is 0 Å². The molecule has 1 aromatic heterocycles. The lowest BCUT2D eigenvalue weighted by atomic mass is 9.91. The first-order valence-electron chi connectivity index (χ1n) is 15.7. The van der Waals surface area contributed by atoms with E-state index in [9.17, 15) is 0 Å². The van der Waals surface area contributed by atoms with Gasteiger partial charge >= 0.3 is 0 Å². The highest BCUT2D eigenvalue weighted by atomic mass is 32.1. The SMILES string of the molecule is C1=c2c(c3ccc(-c4cccc(-c5cccc(-c6sc(-c7ccccc7)c7c6OCCO7)c5)c4)cc3c3ccccc23)=CCC1. The monoisotopic (exact) mass is 598 g/mol. The molecular weight excluding hydrogens is 569 g/mol. The fourth-order valence-electron chi connectivity index (χ4n) is 6.96. The molecule has 0 N–H and O–H groups in total. The summed E-state index contributed by atoms with van der Waals surface area (Å²) in [4.78, 5) is 2.23. The minimum absolute atomic E-state index is 0.562. The summed E-state index contributed by atoms with van der Waals surface area (Å²) < 4.78 is 12.4. The van der Waals surface area contributed by atoms with Crippen LogP contribution in [0.5, 0.6) is 11.5 Å². The van der Waals surface area contributed by atoms with Crippen molar-refractivity contribution in [3.8, 4) is 54.6 Å². The van der Waals surface area contributed by atoms with Crippen LogP contribution in [-0.4, -0.2) is 13.2 Å². The minimum atomic E-state index is 0.562. The number of fused-ring (bicyclic) bond motifs is 7. The van der Waals surface area contributed by atoms with Crippen molar-refractivity contribution in [2.75, 3.05) is 13.2 Å². The van der Waals surface area contributed by atoms with Gasteiger partial charge in [0.15, 0.2) is 11.5 Å².